The number of rotatable bonds is 2. The second-order valence-electron chi connectivity index (χ2n) is 6.99. The summed E-state index contributed by atoms with van der Waals surface area (Å²) >= 11 is 0. The summed E-state index contributed by atoms with van der Waals surface area (Å²) in [5.74, 6) is -0.682. The molecule has 0 amide bonds. The Morgan fingerprint density at radius 1 is 1.10 bits per heavy atom. The van der Waals surface area contributed by atoms with Gasteiger partial charge in [-0.1, -0.05) is 12.8 Å². The minimum absolute atomic E-state index is 0.122. The number of carboxylic acid groups (broad SMARTS) is 1. The standard InChI is InChI=1S/C14H25NO4S/c1-14(2,3)20(18,19)15-11-7-5-4-6-10(11)8-9-12(15)13(16)17/h10-12H,4-9H2,1-3H3,(H,16,17). The Morgan fingerprint density at radius 2 is 1.70 bits per heavy atom. The van der Waals surface area contributed by atoms with Crippen molar-refractivity contribution in [2.24, 2.45) is 5.92 Å². The second-order valence-corrected chi connectivity index (χ2v) is 9.59. The summed E-state index contributed by atoms with van der Waals surface area (Å²) in [6.07, 6.45) is 5.20. The molecule has 1 saturated carbocycles. The maximum absolute atomic E-state index is 12.8. The SMILES string of the molecule is CC(C)(C)S(=O)(=O)N1C(C(=O)O)CCC2CCCCC21. The third kappa shape index (κ3) is 2.60. The van der Waals surface area contributed by atoms with E-state index in [0.29, 0.717) is 12.3 Å². The molecule has 1 aliphatic heterocycles. The molecule has 3 unspecified atom stereocenters. The van der Waals surface area contributed by atoms with Crippen molar-refractivity contribution in [1.82, 2.24) is 4.31 Å². The average Bonchev–Trinajstić information content (AvgIpc) is 2.35. The van der Waals surface area contributed by atoms with Gasteiger partial charge in [-0.15, -0.1) is 0 Å². The van der Waals surface area contributed by atoms with Crippen LogP contribution >= 0.6 is 0 Å². The van der Waals surface area contributed by atoms with Gasteiger partial charge in [-0.2, -0.15) is 4.31 Å². The molecular weight excluding hydrogens is 278 g/mol. The number of nitrogens with zero attached hydrogens (tertiary/aromatic N) is 1. The van der Waals surface area contributed by atoms with Crippen molar-refractivity contribution >= 4 is 16.0 Å². The molecule has 2 rings (SSSR count). The van der Waals surface area contributed by atoms with E-state index in [1.165, 1.54) is 4.31 Å². The summed E-state index contributed by atoms with van der Waals surface area (Å²) in [5, 5.41) is 9.42. The number of piperidine rings is 1. The van der Waals surface area contributed by atoms with Crippen molar-refractivity contribution in [2.75, 3.05) is 0 Å². The fraction of sp³-hybridized carbons (Fsp3) is 0.929. The number of sulfonamides is 1. The van der Waals surface area contributed by atoms with Crippen LogP contribution < -0.4 is 0 Å². The monoisotopic (exact) mass is 303 g/mol. The van der Waals surface area contributed by atoms with Crippen molar-refractivity contribution in [2.45, 2.75) is 76.1 Å². The summed E-state index contributed by atoms with van der Waals surface area (Å²) in [4.78, 5) is 11.5. The van der Waals surface area contributed by atoms with Crippen molar-refractivity contribution < 1.29 is 18.3 Å². The first kappa shape index (κ1) is 15.8. The first-order valence-electron chi connectivity index (χ1n) is 7.42. The van der Waals surface area contributed by atoms with Gasteiger partial charge in [0.15, 0.2) is 0 Å². The lowest BCUT2D eigenvalue weighted by molar-refractivity contribution is -0.144. The van der Waals surface area contributed by atoms with E-state index in [2.05, 4.69) is 0 Å². The maximum Gasteiger partial charge on any atom is 0.322 e. The number of carboxylic acids is 1. The maximum atomic E-state index is 12.8. The molecule has 116 valence electrons. The van der Waals surface area contributed by atoms with Gasteiger partial charge in [0.1, 0.15) is 6.04 Å². The molecule has 20 heavy (non-hydrogen) atoms. The molecule has 2 fully saturated rings. The minimum atomic E-state index is -3.61. The number of fused-ring (bicyclic) bond motifs is 1. The van der Waals surface area contributed by atoms with Crippen molar-refractivity contribution in [3.63, 3.8) is 0 Å². The highest BCUT2D eigenvalue weighted by Crippen LogP contribution is 2.41. The smallest absolute Gasteiger partial charge is 0.322 e. The summed E-state index contributed by atoms with van der Waals surface area (Å²) < 4.78 is 26.1. The zero-order valence-corrected chi connectivity index (χ0v) is 13.3. The van der Waals surface area contributed by atoms with Gasteiger partial charge in [-0.3, -0.25) is 4.79 Å². The quantitative estimate of drug-likeness (QED) is 0.849. The Labute approximate surface area is 121 Å². The van der Waals surface area contributed by atoms with Gasteiger partial charge in [0.25, 0.3) is 0 Å². The van der Waals surface area contributed by atoms with E-state index in [-0.39, 0.29) is 6.04 Å². The van der Waals surface area contributed by atoms with E-state index < -0.39 is 26.8 Å². The van der Waals surface area contributed by atoms with E-state index in [9.17, 15) is 18.3 Å². The van der Waals surface area contributed by atoms with Crippen molar-refractivity contribution in [1.29, 1.82) is 0 Å². The Balaban J connectivity index is 2.43. The van der Waals surface area contributed by atoms with Gasteiger partial charge in [0, 0.05) is 6.04 Å². The highest BCUT2D eigenvalue weighted by atomic mass is 32.2. The Hall–Kier alpha value is -0.620. The first-order valence-corrected chi connectivity index (χ1v) is 8.86. The molecule has 1 N–H and O–H groups in total. The fourth-order valence-corrected chi connectivity index (χ4v) is 5.28. The molecule has 6 heteroatoms. The summed E-state index contributed by atoms with van der Waals surface area (Å²) in [5.41, 5.74) is 0. The lowest BCUT2D eigenvalue weighted by Gasteiger charge is -2.48. The van der Waals surface area contributed by atoms with Crippen LogP contribution in [0.2, 0.25) is 0 Å². The molecule has 0 aromatic rings. The molecule has 2 aliphatic rings. The number of hydrogen-bond donors (Lipinski definition) is 1. The van der Waals surface area contributed by atoms with Crippen LogP contribution in [0.25, 0.3) is 0 Å². The van der Waals surface area contributed by atoms with E-state index in [0.717, 1.165) is 32.1 Å². The Morgan fingerprint density at radius 3 is 2.25 bits per heavy atom. The zero-order valence-electron chi connectivity index (χ0n) is 12.5. The van der Waals surface area contributed by atoms with E-state index in [1.807, 2.05) is 0 Å². The molecule has 3 atom stereocenters. The van der Waals surface area contributed by atoms with Crippen LogP contribution in [0.4, 0.5) is 0 Å². The Kier molecular flexibility index (Phi) is 4.17. The highest BCUT2D eigenvalue weighted by Gasteiger charge is 2.50. The van der Waals surface area contributed by atoms with Crippen LogP contribution in [0.3, 0.4) is 0 Å². The normalized spacial score (nSPS) is 32.6. The van der Waals surface area contributed by atoms with Crippen LogP contribution in [0.5, 0.6) is 0 Å². The number of aliphatic carboxylic acids is 1. The largest absolute Gasteiger partial charge is 0.480 e. The summed E-state index contributed by atoms with van der Waals surface area (Å²) in [6.45, 7) is 4.94. The van der Waals surface area contributed by atoms with Crippen LogP contribution in [-0.2, 0) is 14.8 Å². The van der Waals surface area contributed by atoms with E-state index >= 15 is 0 Å². The third-order valence-electron chi connectivity index (χ3n) is 4.65. The first-order chi connectivity index (χ1) is 9.16. The molecule has 1 saturated heterocycles. The van der Waals surface area contributed by atoms with Crippen molar-refractivity contribution in [3.05, 3.63) is 0 Å². The van der Waals surface area contributed by atoms with Crippen LogP contribution in [-0.4, -0.2) is 40.6 Å². The zero-order chi connectivity index (χ0) is 15.1. The molecule has 0 aromatic carbocycles. The summed E-state index contributed by atoms with van der Waals surface area (Å²) in [7, 11) is -3.61. The van der Waals surface area contributed by atoms with Gasteiger partial charge >= 0.3 is 5.97 Å². The van der Waals surface area contributed by atoms with Gasteiger partial charge in [-0.25, -0.2) is 8.42 Å². The minimum Gasteiger partial charge on any atom is -0.480 e. The van der Waals surface area contributed by atoms with Crippen LogP contribution in [0.15, 0.2) is 0 Å². The van der Waals surface area contributed by atoms with Crippen LogP contribution in [0, 0.1) is 5.92 Å². The van der Waals surface area contributed by atoms with Gasteiger partial charge in [-0.05, 0) is 52.4 Å². The molecule has 0 aromatic heterocycles. The molecule has 1 aliphatic carbocycles. The average molecular weight is 303 g/mol. The summed E-state index contributed by atoms with van der Waals surface area (Å²) in [6, 6.07) is -1.01. The topological polar surface area (TPSA) is 74.7 Å². The number of carbonyl (C=O) groups is 1. The van der Waals surface area contributed by atoms with E-state index in [4.69, 9.17) is 0 Å². The van der Waals surface area contributed by atoms with Crippen LogP contribution in [0.1, 0.15) is 59.3 Å². The molecule has 0 radical (unpaired) electrons. The lowest BCUT2D eigenvalue weighted by atomic mass is 9.78. The molecular formula is C14H25NO4S. The fourth-order valence-electron chi connectivity index (χ4n) is 3.48. The second kappa shape index (κ2) is 5.30. The Bertz CT molecular complexity index is 480. The van der Waals surface area contributed by atoms with Gasteiger partial charge < -0.3 is 5.11 Å². The predicted molar refractivity (Wildman–Crippen MR) is 76.9 cm³/mol. The van der Waals surface area contributed by atoms with Gasteiger partial charge in [0.05, 0.1) is 4.75 Å². The molecule has 1 heterocycles. The molecule has 0 spiro atoms. The predicted octanol–water partition coefficient (Wildman–Crippen LogP) is 2.22. The van der Waals surface area contributed by atoms with Crippen molar-refractivity contribution in [3.8, 4) is 0 Å². The third-order valence-corrected chi connectivity index (χ3v) is 7.28. The van der Waals surface area contributed by atoms with E-state index in [1.54, 1.807) is 20.8 Å². The molecule has 5 nitrogen and oxygen atoms in total. The highest BCUT2D eigenvalue weighted by molar-refractivity contribution is 7.90. The lowest BCUT2D eigenvalue weighted by Crippen LogP contribution is -2.60. The molecule has 0 bridgehead atoms. The van der Waals surface area contributed by atoms with Gasteiger partial charge in [0.2, 0.25) is 10.0 Å². The number of hydrogen-bond acceptors (Lipinski definition) is 3.